The van der Waals surface area contributed by atoms with Gasteiger partial charge in [-0.15, -0.1) is 10.2 Å². The first-order chi connectivity index (χ1) is 14.0. The highest BCUT2D eigenvalue weighted by atomic mass is 32.2. The second-order valence-corrected chi connectivity index (χ2v) is 8.76. The SMILES string of the molecule is O=S(=O)(Nc1cccc(OC(F)F)c1)c1nnc(Cc2ccc(C(F)(F)F)cc2)s1. The Morgan fingerprint density at radius 3 is 2.40 bits per heavy atom. The molecule has 0 aliphatic carbocycles. The van der Waals surface area contributed by atoms with Crippen molar-refractivity contribution in [2.24, 2.45) is 0 Å². The number of aromatic nitrogens is 2. The monoisotopic (exact) mass is 465 g/mol. The maximum absolute atomic E-state index is 12.6. The van der Waals surface area contributed by atoms with Gasteiger partial charge in [0.25, 0.3) is 14.4 Å². The van der Waals surface area contributed by atoms with E-state index < -0.39 is 28.4 Å². The zero-order chi connectivity index (χ0) is 21.9. The molecule has 2 aromatic carbocycles. The minimum Gasteiger partial charge on any atom is -0.435 e. The smallest absolute Gasteiger partial charge is 0.416 e. The second-order valence-electron chi connectivity index (χ2n) is 5.85. The number of rotatable bonds is 7. The molecule has 160 valence electrons. The number of hydrogen-bond acceptors (Lipinski definition) is 6. The molecule has 1 heterocycles. The van der Waals surface area contributed by atoms with Gasteiger partial charge in [0.1, 0.15) is 10.8 Å². The predicted molar refractivity (Wildman–Crippen MR) is 98.0 cm³/mol. The van der Waals surface area contributed by atoms with Crippen LogP contribution in [-0.4, -0.2) is 25.2 Å². The van der Waals surface area contributed by atoms with Crippen molar-refractivity contribution in [2.75, 3.05) is 4.72 Å². The zero-order valence-electron chi connectivity index (χ0n) is 14.7. The lowest BCUT2D eigenvalue weighted by molar-refractivity contribution is -0.137. The third kappa shape index (κ3) is 5.63. The molecular weight excluding hydrogens is 453 g/mol. The molecule has 0 saturated carbocycles. The first-order valence-electron chi connectivity index (χ1n) is 8.09. The maximum Gasteiger partial charge on any atom is 0.416 e. The molecule has 3 rings (SSSR count). The fourth-order valence-corrected chi connectivity index (χ4v) is 4.47. The number of anilines is 1. The predicted octanol–water partition coefficient (Wildman–Crippen LogP) is 4.55. The van der Waals surface area contributed by atoms with Crippen LogP contribution in [0.5, 0.6) is 5.75 Å². The van der Waals surface area contributed by atoms with E-state index in [1.807, 2.05) is 0 Å². The number of sulfonamides is 1. The van der Waals surface area contributed by atoms with E-state index in [-0.39, 0.29) is 27.2 Å². The van der Waals surface area contributed by atoms with Crippen molar-refractivity contribution in [3.8, 4) is 5.75 Å². The van der Waals surface area contributed by atoms with Crippen LogP contribution in [0.4, 0.5) is 27.6 Å². The van der Waals surface area contributed by atoms with Gasteiger partial charge in [0.2, 0.25) is 0 Å². The lowest BCUT2D eigenvalue weighted by Gasteiger charge is -2.08. The first kappa shape index (κ1) is 21.9. The average Bonchev–Trinajstić information content (AvgIpc) is 3.10. The van der Waals surface area contributed by atoms with E-state index in [4.69, 9.17) is 0 Å². The largest absolute Gasteiger partial charge is 0.435 e. The molecule has 30 heavy (non-hydrogen) atoms. The third-order valence-electron chi connectivity index (χ3n) is 3.63. The van der Waals surface area contributed by atoms with Crippen LogP contribution in [0.3, 0.4) is 0 Å². The molecule has 0 atom stereocenters. The molecule has 0 spiro atoms. The summed E-state index contributed by atoms with van der Waals surface area (Å²) in [7, 11) is -4.15. The Morgan fingerprint density at radius 2 is 1.77 bits per heavy atom. The van der Waals surface area contributed by atoms with Crippen molar-refractivity contribution < 1.29 is 35.1 Å². The minimum atomic E-state index is -4.45. The number of benzene rings is 2. The van der Waals surface area contributed by atoms with Crippen LogP contribution >= 0.6 is 11.3 Å². The summed E-state index contributed by atoms with van der Waals surface area (Å²) < 4.78 is 93.3. The van der Waals surface area contributed by atoms with Crippen molar-refractivity contribution in [2.45, 2.75) is 23.5 Å². The molecule has 1 N–H and O–H groups in total. The van der Waals surface area contributed by atoms with Gasteiger partial charge in [-0.05, 0) is 29.8 Å². The number of nitrogens with zero attached hydrogens (tertiary/aromatic N) is 2. The molecule has 0 aliphatic heterocycles. The standard InChI is InChI=1S/C17H12F5N3O3S2/c18-15(19)28-13-3-1-2-12(9-13)25-30(26,27)16-24-23-14(29-16)8-10-4-6-11(7-5-10)17(20,21)22/h1-7,9,15,25H,8H2. The third-order valence-corrected chi connectivity index (χ3v) is 6.30. The molecule has 6 nitrogen and oxygen atoms in total. The summed E-state index contributed by atoms with van der Waals surface area (Å²) in [5.41, 5.74) is -0.324. The molecule has 3 aromatic rings. The first-order valence-corrected chi connectivity index (χ1v) is 10.4. The molecule has 13 heteroatoms. The van der Waals surface area contributed by atoms with E-state index in [0.29, 0.717) is 5.56 Å². The van der Waals surface area contributed by atoms with E-state index in [9.17, 15) is 30.4 Å². The van der Waals surface area contributed by atoms with Crippen LogP contribution in [-0.2, 0) is 22.6 Å². The lowest BCUT2D eigenvalue weighted by atomic mass is 10.1. The second kappa shape index (κ2) is 8.52. The van der Waals surface area contributed by atoms with Crippen LogP contribution in [0, 0.1) is 0 Å². The summed E-state index contributed by atoms with van der Waals surface area (Å²) >= 11 is 0.732. The lowest BCUT2D eigenvalue weighted by Crippen LogP contribution is -2.13. The summed E-state index contributed by atoms with van der Waals surface area (Å²) in [5.74, 6) is -0.231. The number of halogens is 5. The molecule has 0 radical (unpaired) electrons. The highest BCUT2D eigenvalue weighted by Gasteiger charge is 2.30. The van der Waals surface area contributed by atoms with Gasteiger partial charge in [-0.25, -0.2) is 0 Å². The van der Waals surface area contributed by atoms with Crippen LogP contribution in [0.1, 0.15) is 16.1 Å². The van der Waals surface area contributed by atoms with E-state index in [1.54, 1.807) is 0 Å². The fourth-order valence-electron chi connectivity index (χ4n) is 2.34. The number of ether oxygens (including phenoxy) is 1. The summed E-state index contributed by atoms with van der Waals surface area (Å²) in [6, 6.07) is 9.35. The zero-order valence-corrected chi connectivity index (χ0v) is 16.4. The Kier molecular flexibility index (Phi) is 6.22. The number of nitrogens with one attached hydrogen (secondary N) is 1. The van der Waals surface area contributed by atoms with E-state index >= 15 is 0 Å². The summed E-state index contributed by atoms with van der Waals surface area (Å²) in [4.78, 5) is 0. The summed E-state index contributed by atoms with van der Waals surface area (Å²) in [5, 5.41) is 7.61. The van der Waals surface area contributed by atoms with Crippen molar-refractivity contribution in [1.82, 2.24) is 10.2 Å². The van der Waals surface area contributed by atoms with Crippen LogP contribution in [0.15, 0.2) is 52.9 Å². The van der Waals surface area contributed by atoms with Gasteiger partial charge in [-0.1, -0.05) is 29.5 Å². The van der Waals surface area contributed by atoms with Crippen molar-refractivity contribution >= 4 is 27.0 Å². The van der Waals surface area contributed by atoms with Gasteiger partial charge in [0.05, 0.1) is 11.3 Å². The van der Waals surface area contributed by atoms with Gasteiger partial charge >= 0.3 is 12.8 Å². The van der Waals surface area contributed by atoms with Gasteiger partial charge in [0.15, 0.2) is 0 Å². The number of alkyl halides is 5. The Balaban J connectivity index is 1.72. The molecule has 0 fully saturated rings. The average molecular weight is 465 g/mol. The molecule has 1 aromatic heterocycles. The molecule has 0 aliphatic rings. The van der Waals surface area contributed by atoms with Crippen molar-refractivity contribution in [3.05, 3.63) is 64.7 Å². The van der Waals surface area contributed by atoms with Crippen LogP contribution in [0.25, 0.3) is 0 Å². The van der Waals surface area contributed by atoms with E-state index in [2.05, 4.69) is 19.7 Å². The van der Waals surface area contributed by atoms with E-state index in [1.165, 1.54) is 30.3 Å². The quantitative estimate of drug-likeness (QED) is 0.518. The normalized spacial score (nSPS) is 12.2. The van der Waals surface area contributed by atoms with Gasteiger partial charge in [-0.3, -0.25) is 4.72 Å². The summed E-state index contributed by atoms with van der Waals surface area (Å²) in [6.45, 7) is -3.06. The van der Waals surface area contributed by atoms with Gasteiger partial charge < -0.3 is 4.74 Å². The van der Waals surface area contributed by atoms with Gasteiger partial charge in [-0.2, -0.15) is 30.4 Å². The Morgan fingerprint density at radius 1 is 1.07 bits per heavy atom. The number of hydrogen-bond donors (Lipinski definition) is 1. The minimum absolute atomic E-state index is 0.0207. The Labute approximate surface area is 171 Å². The van der Waals surface area contributed by atoms with Crippen molar-refractivity contribution in [1.29, 1.82) is 0 Å². The summed E-state index contributed by atoms with van der Waals surface area (Å²) in [6.07, 6.45) is -4.37. The highest BCUT2D eigenvalue weighted by molar-refractivity contribution is 7.94. The van der Waals surface area contributed by atoms with Crippen LogP contribution in [0.2, 0.25) is 0 Å². The van der Waals surface area contributed by atoms with Crippen LogP contribution < -0.4 is 9.46 Å². The molecular formula is C17H12F5N3O3S2. The Bertz CT molecular complexity index is 1120. The van der Waals surface area contributed by atoms with Crippen molar-refractivity contribution in [3.63, 3.8) is 0 Å². The van der Waals surface area contributed by atoms with Gasteiger partial charge in [0, 0.05) is 12.5 Å². The topological polar surface area (TPSA) is 81.2 Å². The Hall–Kier alpha value is -2.80. The molecule has 0 unspecified atom stereocenters. The molecule has 0 saturated heterocycles. The maximum atomic E-state index is 12.6. The highest BCUT2D eigenvalue weighted by Crippen LogP contribution is 2.30. The molecule has 0 bridgehead atoms. The van der Waals surface area contributed by atoms with E-state index in [0.717, 1.165) is 29.5 Å². The fraction of sp³-hybridized carbons (Fsp3) is 0.176. The molecule has 0 amide bonds.